The predicted molar refractivity (Wildman–Crippen MR) is 83.5 cm³/mol. The third kappa shape index (κ3) is 4.10. The Bertz CT molecular complexity index is 275. The van der Waals surface area contributed by atoms with E-state index in [2.05, 4.69) is 22.0 Å². The average Bonchev–Trinajstić information content (AvgIpc) is 3.04. The van der Waals surface area contributed by atoms with Crippen molar-refractivity contribution in [3.63, 3.8) is 0 Å². The summed E-state index contributed by atoms with van der Waals surface area (Å²) in [6.07, 6.45) is 3.95. The number of ether oxygens (including phenoxy) is 2. The molecule has 3 aliphatic heterocycles. The summed E-state index contributed by atoms with van der Waals surface area (Å²) in [5.41, 5.74) is 0. The summed E-state index contributed by atoms with van der Waals surface area (Å²) in [7, 11) is 0. The molecule has 0 amide bonds. The van der Waals surface area contributed by atoms with Crippen LogP contribution in [0.4, 0.5) is 0 Å². The van der Waals surface area contributed by atoms with E-state index in [1.54, 1.807) is 0 Å². The largest absolute Gasteiger partial charge is 0.381 e. The van der Waals surface area contributed by atoms with Gasteiger partial charge in [-0.1, -0.05) is 0 Å². The van der Waals surface area contributed by atoms with Crippen molar-refractivity contribution in [2.75, 3.05) is 57.6 Å². The zero-order valence-corrected chi connectivity index (χ0v) is 13.2. The smallest absolute Gasteiger partial charge is 0.0594 e. The molecule has 3 fully saturated rings. The first-order valence-electron chi connectivity index (χ1n) is 8.14. The van der Waals surface area contributed by atoms with Gasteiger partial charge in [0, 0.05) is 50.0 Å². The Hall–Kier alpha value is 0.190. The standard InChI is InChI=1S/C15H28N2O2S/c1-2-14(12-20-9-1)16-10-15(13-3-6-19-11-13)17-4-7-18-8-5-17/h13-16H,1-12H2/t13-,14+,15+/m0/s1. The van der Waals surface area contributed by atoms with Gasteiger partial charge in [0.25, 0.3) is 0 Å². The van der Waals surface area contributed by atoms with Gasteiger partial charge in [0.15, 0.2) is 0 Å². The fourth-order valence-corrected chi connectivity index (χ4v) is 4.65. The lowest BCUT2D eigenvalue weighted by Crippen LogP contribution is -2.53. The highest BCUT2D eigenvalue weighted by atomic mass is 32.2. The molecule has 0 bridgehead atoms. The second-order valence-electron chi connectivity index (χ2n) is 6.16. The Morgan fingerprint density at radius 2 is 2.05 bits per heavy atom. The van der Waals surface area contributed by atoms with E-state index in [-0.39, 0.29) is 0 Å². The molecule has 4 nitrogen and oxygen atoms in total. The number of rotatable bonds is 5. The van der Waals surface area contributed by atoms with Crippen molar-refractivity contribution in [2.45, 2.75) is 31.3 Å². The van der Waals surface area contributed by atoms with Crippen LogP contribution in [0.3, 0.4) is 0 Å². The maximum atomic E-state index is 5.63. The molecule has 0 aliphatic carbocycles. The molecule has 5 heteroatoms. The minimum absolute atomic E-state index is 0.633. The monoisotopic (exact) mass is 300 g/mol. The minimum atomic E-state index is 0.633. The highest BCUT2D eigenvalue weighted by Crippen LogP contribution is 2.23. The fourth-order valence-electron chi connectivity index (χ4n) is 3.55. The van der Waals surface area contributed by atoms with E-state index in [0.29, 0.717) is 12.0 Å². The Morgan fingerprint density at radius 1 is 1.15 bits per heavy atom. The second-order valence-corrected chi connectivity index (χ2v) is 7.31. The van der Waals surface area contributed by atoms with Crippen LogP contribution in [0.25, 0.3) is 0 Å². The highest BCUT2D eigenvalue weighted by Gasteiger charge is 2.31. The van der Waals surface area contributed by atoms with Crippen molar-refractivity contribution >= 4 is 11.8 Å². The number of nitrogens with one attached hydrogen (secondary N) is 1. The topological polar surface area (TPSA) is 33.7 Å². The first-order chi connectivity index (χ1) is 9.93. The molecule has 0 aromatic carbocycles. The molecule has 3 heterocycles. The Labute approximate surface area is 126 Å². The summed E-state index contributed by atoms with van der Waals surface area (Å²) in [5, 5.41) is 3.84. The summed E-state index contributed by atoms with van der Waals surface area (Å²) in [6.45, 7) is 6.98. The third-order valence-electron chi connectivity index (χ3n) is 4.80. The predicted octanol–water partition coefficient (Wildman–Crippen LogP) is 1.21. The first-order valence-corrected chi connectivity index (χ1v) is 9.29. The second kappa shape index (κ2) is 7.99. The van der Waals surface area contributed by atoms with Crippen molar-refractivity contribution in [1.29, 1.82) is 0 Å². The molecule has 0 aromatic heterocycles. The molecule has 3 saturated heterocycles. The van der Waals surface area contributed by atoms with Crippen LogP contribution in [0.2, 0.25) is 0 Å². The van der Waals surface area contributed by atoms with Crippen molar-refractivity contribution < 1.29 is 9.47 Å². The van der Waals surface area contributed by atoms with Crippen LogP contribution in [0.15, 0.2) is 0 Å². The molecular formula is C15H28N2O2S. The van der Waals surface area contributed by atoms with Crippen LogP contribution in [0, 0.1) is 5.92 Å². The highest BCUT2D eigenvalue weighted by molar-refractivity contribution is 7.99. The van der Waals surface area contributed by atoms with Gasteiger partial charge in [0.1, 0.15) is 0 Å². The molecule has 3 atom stereocenters. The lowest BCUT2D eigenvalue weighted by Gasteiger charge is -2.38. The molecule has 0 aromatic rings. The number of hydrogen-bond donors (Lipinski definition) is 1. The van der Waals surface area contributed by atoms with E-state index >= 15 is 0 Å². The van der Waals surface area contributed by atoms with Crippen molar-refractivity contribution in [3.05, 3.63) is 0 Å². The van der Waals surface area contributed by atoms with Crippen LogP contribution in [0.1, 0.15) is 19.3 Å². The quantitative estimate of drug-likeness (QED) is 0.825. The molecule has 0 saturated carbocycles. The first kappa shape index (κ1) is 15.1. The average molecular weight is 300 g/mol. The molecule has 1 N–H and O–H groups in total. The van der Waals surface area contributed by atoms with E-state index in [9.17, 15) is 0 Å². The Morgan fingerprint density at radius 3 is 2.75 bits per heavy atom. The molecule has 116 valence electrons. The van der Waals surface area contributed by atoms with E-state index in [1.165, 1.54) is 30.8 Å². The number of morpholine rings is 1. The van der Waals surface area contributed by atoms with Gasteiger partial charge in [-0.3, -0.25) is 4.90 Å². The number of hydrogen-bond acceptors (Lipinski definition) is 5. The van der Waals surface area contributed by atoms with Gasteiger partial charge in [0.05, 0.1) is 19.8 Å². The summed E-state index contributed by atoms with van der Waals surface area (Å²) in [5.74, 6) is 3.34. The van der Waals surface area contributed by atoms with Gasteiger partial charge in [-0.05, 0) is 25.0 Å². The summed E-state index contributed by atoms with van der Waals surface area (Å²) >= 11 is 2.10. The normalized spacial score (nSPS) is 34.2. The van der Waals surface area contributed by atoms with Crippen molar-refractivity contribution in [2.24, 2.45) is 5.92 Å². The van der Waals surface area contributed by atoms with Crippen LogP contribution >= 0.6 is 11.8 Å². The third-order valence-corrected chi connectivity index (χ3v) is 6.02. The maximum absolute atomic E-state index is 5.63. The fraction of sp³-hybridized carbons (Fsp3) is 1.00. The van der Waals surface area contributed by atoms with E-state index in [0.717, 1.165) is 52.1 Å². The van der Waals surface area contributed by atoms with Gasteiger partial charge in [-0.25, -0.2) is 0 Å². The zero-order chi connectivity index (χ0) is 13.6. The van der Waals surface area contributed by atoms with Gasteiger partial charge in [-0.2, -0.15) is 11.8 Å². The minimum Gasteiger partial charge on any atom is -0.381 e. The molecule has 0 spiro atoms. The van der Waals surface area contributed by atoms with Gasteiger partial charge in [-0.15, -0.1) is 0 Å². The summed E-state index contributed by atoms with van der Waals surface area (Å²) < 4.78 is 11.1. The SMILES string of the molecule is C1CSC[C@H](NC[C@H]([C@H]2CCOC2)N2CCOCC2)C1. The van der Waals surface area contributed by atoms with Gasteiger partial charge < -0.3 is 14.8 Å². The van der Waals surface area contributed by atoms with Gasteiger partial charge in [0.2, 0.25) is 0 Å². The van der Waals surface area contributed by atoms with Crippen LogP contribution in [0.5, 0.6) is 0 Å². The number of nitrogens with zero attached hydrogens (tertiary/aromatic N) is 1. The summed E-state index contributed by atoms with van der Waals surface area (Å²) in [4.78, 5) is 2.63. The molecule has 0 radical (unpaired) electrons. The van der Waals surface area contributed by atoms with Crippen molar-refractivity contribution in [1.82, 2.24) is 10.2 Å². The summed E-state index contributed by atoms with van der Waals surface area (Å²) in [6, 6.07) is 1.35. The number of thioether (sulfide) groups is 1. The zero-order valence-electron chi connectivity index (χ0n) is 12.4. The molecule has 3 rings (SSSR count). The van der Waals surface area contributed by atoms with Crippen molar-refractivity contribution in [3.8, 4) is 0 Å². The molecule has 3 aliphatic rings. The maximum Gasteiger partial charge on any atom is 0.0594 e. The molecular weight excluding hydrogens is 272 g/mol. The van der Waals surface area contributed by atoms with Crippen LogP contribution in [-0.2, 0) is 9.47 Å². The lowest BCUT2D eigenvalue weighted by molar-refractivity contribution is 0.000894. The Balaban J connectivity index is 1.53. The van der Waals surface area contributed by atoms with E-state index < -0.39 is 0 Å². The van der Waals surface area contributed by atoms with Crippen LogP contribution in [-0.4, -0.2) is 74.6 Å². The van der Waals surface area contributed by atoms with Gasteiger partial charge >= 0.3 is 0 Å². The van der Waals surface area contributed by atoms with E-state index in [4.69, 9.17) is 9.47 Å². The lowest BCUT2D eigenvalue weighted by atomic mass is 9.96. The van der Waals surface area contributed by atoms with Crippen LogP contribution < -0.4 is 5.32 Å². The molecule has 20 heavy (non-hydrogen) atoms. The Kier molecular flexibility index (Phi) is 6.03. The van der Waals surface area contributed by atoms with E-state index in [1.807, 2.05) is 0 Å². The molecule has 0 unspecified atom stereocenters.